The second-order valence-corrected chi connectivity index (χ2v) is 5.73. The molecule has 18 heavy (non-hydrogen) atoms. The summed E-state index contributed by atoms with van der Waals surface area (Å²) in [7, 11) is 1.71. The minimum absolute atomic E-state index is 0.0975. The quantitative estimate of drug-likeness (QED) is 0.881. The summed E-state index contributed by atoms with van der Waals surface area (Å²) in [6.45, 7) is 0. The van der Waals surface area contributed by atoms with E-state index in [1.165, 1.54) is 18.2 Å². The van der Waals surface area contributed by atoms with E-state index >= 15 is 0 Å². The van der Waals surface area contributed by atoms with Crippen LogP contribution in [0.15, 0.2) is 34.1 Å². The summed E-state index contributed by atoms with van der Waals surface area (Å²) < 4.78 is 28.4. The van der Waals surface area contributed by atoms with Gasteiger partial charge in [0.15, 0.2) is 0 Å². The van der Waals surface area contributed by atoms with E-state index in [2.05, 4.69) is 21.2 Å². The molecule has 0 saturated heterocycles. The van der Waals surface area contributed by atoms with Gasteiger partial charge in [0.2, 0.25) is 0 Å². The van der Waals surface area contributed by atoms with Crippen molar-refractivity contribution >= 4 is 27.3 Å². The summed E-state index contributed by atoms with van der Waals surface area (Å²) in [6.07, 6.45) is 0.548. The molecule has 2 aromatic rings. The average Bonchev–Trinajstić information content (AvgIpc) is 2.73. The van der Waals surface area contributed by atoms with Crippen LogP contribution in [0.1, 0.15) is 16.5 Å². The van der Waals surface area contributed by atoms with E-state index in [1.807, 2.05) is 11.4 Å². The Hall–Kier alpha value is -0.780. The number of hydrogen-bond acceptors (Lipinski definition) is 2. The fourth-order valence-electron chi connectivity index (χ4n) is 1.85. The molecule has 0 aliphatic rings. The van der Waals surface area contributed by atoms with Gasteiger partial charge in [-0.3, -0.25) is 0 Å². The van der Waals surface area contributed by atoms with E-state index in [9.17, 15) is 8.78 Å². The maximum Gasteiger partial charge on any atom is 0.130 e. The molecule has 0 aliphatic heterocycles. The van der Waals surface area contributed by atoms with Gasteiger partial charge in [-0.1, -0.05) is 6.07 Å². The van der Waals surface area contributed by atoms with Crippen molar-refractivity contribution < 1.29 is 8.78 Å². The molecular formula is C13H12BrF2NS. The molecule has 1 N–H and O–H groups in total. The Labute approximate surface area is 117 Å². The lowest BCUT2D eigenvalue weighted by molar-refractivity contribution is 0.490. The van der Waals surface area contributed by atoms with Gasteiger partial charge in [0.05, 0.1) is 0 Å². The minimum atomic E-state index is -0.512. The molecular weight excluding hydrogens is 320 g/mol. The van der Waals surface area contributed by atoms with Gasteiger partial charge in [0.25, 0.3) is 0 Å². The van der Waals surface area contributed by atoms with Crippen LogP contribution in [-0.4, -0.2) is 7.05 Å². The van der Waals surface area contributed by atoms with Crippen molar-refractivity contribution in [3.05, 3.63) is 56.2 Å². The first kappa shape index (κ1) is 13.6. The number of thiophene rings is 1. The van der Waals surface area contributed by atoms with Gasteiger partial charge in [0, 0.05) is 27.4 Å². The van der Waals surface area contributed by atoms with Crippen LogP contribution >= 0.6 is 27.3 Å². The zero-order valence-electron chi connectivity index (χ0n) is 9.71. The number of halogens is 3. The molecule has 1 atom stereocenters. The summed E-state index contributed by atoms with van der Waals surface area (Å²) in [4.78, 5) is 1.07. The van der Waals surface area contributed by atoms with Crippen molar-refractivity contribution in [3.63, 3.8) is 0 Å². The molecule has 0 aliphatic carbocycles. The van der Waals surface area contributed by atoms with Gasteiger partial charge >= 0.3 is 0 Å². The molecule has 0 bridgehead atoms. The topological polar surface area (TPSA) is 12.0 Å². The first-order valence-corrected chi connectivity index (χ1v) is 7.13. The zero-order valence-corrected chi connectivity index (χ0v) is 12.1. The third-order valence-electron chi connectivity index (χ3n) is 2.78. The van der Waals surface area contributed by atoms with Crippen molar-refractivity contribution in [3.8, 4) is 0 Å². The molecule has 0 saturated carbocycles. The number of rotatable bonds is 4. The predicted molar refractivity (Wildman–Crippen MR) is 73.9 cm³/mol. The summed E-state index contributed by atoms with van der Waals surface area (Å²) in [6, 6.07) is 5.51. The van der Waals surface area contributed by atoms with Crippen LogP contribution in [0.25, 0.3) is 0 Å². The highest BCUT2D eigenvalue weighted by molar-refractivity contribution is 9.10. The minimum Gasteiger partial charge on any atom is -0.313 e. The molecule has 1 aromatic carbocycles. The molecule has 2 rings (SSSR count). The number of benzene rings is 1. The van der Waals surface area contributed by atoms with E-state index in [1.54, 1.807) is 18.4 Å². The second kappa shape index (κ2) is 5.91. The van der Waals surface area contributed by atoms with E-state index in [0.29, 0.717) is 6.42 Å². The molecule has 5 heteroatoms. The fourth-order valence-corrected chi connectivity index (χ4v) is 3.41. The summed E-state index contributed by atoms with van der Waals surface area (Å²) in [5, 5.41) is 4.92. The van der Waals surface area contributed by atoms with Gasteiger partial charge in [-0.25, -0.2) is 8.78 Å². The van der Waals surface area contributed by atoms with E-state index in [4.69, 9.17) is 0 Å². The lowest BCUT2D eigenvalue weighted by Crippen LogP contribution is -2.21. The maximum absolute atomic E-state index is 13.7. The van der Waals surface area contributed by atoms with Gasteiger partial charge in [-0.05, 0) is 46.6 Å². The summed E-state index contributed by atoms with van der Waals surface area (Å²) >= 11 is 5.00. The van der Waals surface area contributed by atoms with E-state index in [0.717, 1.165) is 9.35 Å². The van der Waals surface area contributed by atoms with Crippen LogP contribution < -0.4 is 5.32 Å². The second-order valence-electron chi connectivity index (χ2n) is 3.87. The van der Waals surface area contributed by atoms with Gasteiger partial charge < -0.3 is 5.32 Å². The van der Waals surface area contributed by atoms with Crippen LogP contribution in [0.2, 0.25) is 0 Å². The van der Waals surface area contributed by atoms with Crippen molar-refractivity contribution in [2.45, 2.75) is 12.5 Å². The molecule has 1 heterocycles. The van der Waals surface area contributed by atoms with Crippen molar-refractivity contribution in [1.82, 2.24) is 5.32 Å². The molecule has 1 nitrogen and oxygen atoms in total. The lowest BCUT2D eigenvalue weighted by atomic mass is 10.0. The highest BCUT2D eigenvalue weighted by atomic mass is 79.9. The molecule has 96 valence electrons. The standard InChI is InChI=1S/C13H12BrF2NS/c1-17-11(7-12-8(14)5-6-18-12)13-9(15)3-2-4-10(13)16/h2-6,11,17H,7H2,1H3. The van der Waals surface area contributed by atoms with Gasteiger partial charge in [0.1, 0.15) is 11.6 Å². The molecule has 0 spiro atoms. The molecule has 1 aromatic heterocycles. The van der Waals surface area contributed by atoms with Crippen LogP contribution in [0.4, 0.5) is 8.78 Å². The third-order valence-corrected chi connectivity index (χ3v) is 4.73. The first-order chi connectivity index (χ1) is 8.63. The van der Waals surface area contributed by atoms with Crippen LogP contribution in [0.5, 0.6) is 0 Å². The largest absolute Gasteiger partial charge is 0.313 e. The Kier molecular flexibility index (Phi) is 4.48. The maximum atomic E-state index is 13.7. The Morgan fingerprint density at radius 2 is 1.94 bits per heavy atom. The Bertz CT molecular complexity index is 521. The van der Waals surface area contributed by atoms with Crippen molar-refractivity contribution in [2.75, 3.05) is 7.05 Å². The van der Waals surface area contributed by atoms with Crippen LogP contribution in [0.3, 0.4) is 0 Å². The molecule has 0 amide bonds. The molecule has 0 radical (unpaired) electrons. The Balaban J connectivity index is 2.32. The monoisotopic (exact) mass is 331 g/mol. The normalized spacial score (nSPS) is 12.7. The van der Waals surface area contributed by atoms with E-state index < -0.39 is 11.6 Å². The Morgan fingerprint density at radius 3 is 2.44 bits per heavy atom. The molecule has 0 fully saturated rings. The predicted octanol–water partition coefficient (Wildman–Crippen LogP) is 4.29. The first-order valence-electron chi connectivity index (χ1n) is 5.46. The highest BCUT2D eigenvalue weighted by Crippen LogP contribution is 2.30. The van der Waals surface area contributed by atoms with Crippen LogP contribution in [-0.2, 0) is 6.42 Å². The molecule has 1 unspecified atom stereocenters. The van der Waals surface area contributed by atoms with Crippen LogP contribution in [0, 0.1) is 11.6 Å². The Morgan fingerprint density at radius 1 is 1.28 bits per heavy atom. The summed E-state index contributed by atoms with van der Waals surface area (Å²) in [5.41, 5.74) is 0.0975. The smallest absolute Gasteiger partial charge is 0.130 e. The highest BCUT2D eigenvalue weighted by Gasteiger charge is 2.20. The van der Waals surface area contributed by atoms with E-state index in [-0.39, 0.29) is 11.6 Å². The van der Waals surface area contributed by atoms with Gasteiger partial charge in [-0.15, -0.1) is 11.3 Å². The van der Waals surface area contributed by atoms with Gasteiger partial charge in [-0.2, -0.15) is 0 Å². The SMILES string of the molecule is CNC(Cc1sccc1Br)c1c(F)cccc1F. The number of likely N-dealkylation sites (N-methyl/N-ethyl adjacent to an activating group) is 1. The van der Waals surface area contributed by atoms with Crippen molar-refractivity contribution in [2.24, 2.45) is 0 Å². The third kappa shape index (κ3) is 2.79. The zero-order chi connectivity index (χ0) is 13.1. The number of hydrogen-bond donors (Lipinski definition) is 1. The number of nitrogens with one attached hydrogen (secondary N) is 1. The lowest BCUT2D eigenvalue weighted by Gasteiger charge is -2.17. The fraction of sp³-hybridized carbons (Fsp3) is 0.231. The average molecular weight is 332 g/mol. The summed E-state index contributed by atoms with van der Waals surface area (Å²) in [5.74, 6) is -1.02. The van der Waals surface area contributed by atoms with Crippen molar-refractivity contribution in [1.29, 1.82) is 0 Å².